The van der Waals surface area contributed by atoms with Gasteiger partial charge in [0.25, 0.3) is 0 Å². The molecule has 0 atom stereocenters. The van der Waals surface area contributed by atoms with Crippen molar-refractivity contribution in [2.75, 3.05) is 13.2 Å². The molecule has 4 aromatic rings. The molecule has 0 amide bonds. The van der Waals surface area contributed by atoms with Gasteiger partial charge in [-0.1, -0.05) is 6.07 Å². The van der Waals surface area contributed by atoms with Gasteiger partial charge >= 0.3 is 5.97 Å². The highest BCUT2D eigenvalue weighted by Crippen LogP contribution is 2.46. The van der Waals surface area contributed by atoms with Crippen LogP contribution in [-0.4, -0.2) is 38.9 Å². The number of fused-ring (bicyclic) bond motifs is 1. The summed E-state index contributed by atoms with van der Waals surface area (Å²) in [5.74, 6) is -1.25. The smallest absolute Gasteiger partial charge is 0.354 e. The Morgan fingerprint density at radius 2 is 1.84 bits per heavy atom. The lowest BCUT2D eigenvalue weighted by atomic mass is 9.90. The van der Waals surface area contributed by atoms with Crippen molar-refractivity contribution in [3.8, 4) is 22.6 Å². The van der Waals surface area contributed by atoms with E-state index in [0.717, 1.165) is 35.3 Å². The Morgan fingerprint density at radius 1 is 1.09 bits per heavy atom. The molecule has 3 heterocycles. The molecular weight excluding hydrogens is 411 g/mol. The highest BCUT2D eigenvalue weighted by molar-refractivity contribution is 6.04. The molecule has 1 aliphatic heterocycles. The van der Waals surface area contributed by atoms with Crippen molar-refractivity contribution in [3.05, 3.63) is 78.0 Å². The largest absolute Gasteiger partial charge is 0.507 e. The van der Waals surface area contributed by atoms with Gasteiger partial charge in [0.2, 0.25) is 0 Å². The number of hydrogen-bond acceptors (Lipinski definition) is 4. The molecule has 32 heavy (non-hydrogen) atoms. The molecule has 2 aromatic carbocycles. The van der Waals surface area contributed by atoms with Crippen molar-refractivity contribution in [2.45, 2.75) is 18.8 Å². The quantitative estimate of drug-likeness (QED) is 0.467. The van der Waals surface area contributed by atoms with Gasteiger partial charge in [-0.2, -0.15) is 0 Å². The Hall–Kier alpha value is -3.71. The van der Waals surface area contributed by atoms with Crippen LogP contribution in [0.15, 0.2) is 60.8 Å². The first-order valence-electron chi connectivity index (χ1n) is 10.4. The summed E-state index contributed by atoms with van der Waals surface area (Å²) in [4.78, 5) is 15.5. The number of hydrogen-bond donors (Lipinski definition) is 2. The number of carboxylic acids is 1. The number of nitrogens with zero attached hydrogens (tertiary/aromatic N) is 2. The van der Waals surface area contributed by atoms with E-state index in [2.05, 4.69) is 4.98 Å². The van der Waals surface area contributed by atoms with E-state index in [1.165, 1.54) is 24.4 Å². The summed E-state index contributed by atoms with van der Waals surface area (Å²) in [6.07, 6.45) is 3.03. The molecule has 0 spiro atoms. The van der Waals surface area contributed by atoms with Gasteiger partial charge in [-0.3, -0.25) is 0 Å². The van der Waals surface area contributed by atoms with E-state index < -0.39 is 5.97 Å². The van der Waals surface area contributed by atoms with Crippen LogP contribution < -0.4 is 0 Å². The van der Waals surface area contributed by atoms with Crippen molar-refractivity contribution < 1.29 is 24.1 Å². The number of carboxylic acid groups (broad SMARTS) is 1. The number of phenolic OH excluding ortho intramolecular Hbond substituents is 1. The standard InChI is InChI=1S/C25H21FN2O4/c26-17-4-6-18(7-5-17)28-20-2-1-3-21(29)23(20)22(24(28)15-9-12-32-13-10-15)16-8-11-27-19(14-16)25(30)31/h1-8,11,14-15,29H,9-10,12-13H2,(H,30,31). The Labute approximate surface area is 183 Å². The lowest BCUT2D eigenvalue weighted by molar-refractivity contribution is 0.0690. The Balaban J connectivity index is 1.89. The van der Waals surface area contributed by atoms with E-state index in [1.54, 1.807) is 30.3 Å². The van der Waals surface area contributed by atoms with Crippen molar-refractivity contribution in [1.29, 1.82) is 0 Å². The van der Waals surface area contributed by atoms with Crippen molar-refractivity contribution in [3.63, 3.8) is 0 Å². The van der Waals surface area contributed by atoms with Gasteiger partial charge in [-0.15, -0.1) is 0 Å². The second-order valence-electron chi connectivity index (χ2n) is 7.86. The summed E-state index contributed by atoms with van der Waals surface area (Å²) in [7, 11) is 0. The molecule has 2 N–H and O–H groups in total. The minimum absolute atomic E-state index is 0.0708. The Bertz CT molecular complexity index is 1310. The zero-order valence-corrected chi connectivity index (χ0v) is 17.2. The molecular formula is C25H21FN2O4. The van der Waals surface area contributed by atoms with Gasteiger partial charge in [0.1, 0.15) is 17.3 Å². The number of aromatic nitrogens is 2. The number of ether oxygens (including phenoxy) is 1. The van der Waals surface area contributed by atoms with Crippen LogP contribution in [0.5, 0.6) is 5.75 Å². The van der Waals surface area contributed by atoms with Crippen LogP contribution >= 0.6 is 0 Å². The van der Waals surface area contributed by atoms with Crippen LogP contribution in [0.1, 0.15) is 34.9 Å². The number of benzene rings is 2. The maximum atomic E-state index is 13.7. The molecule has 0 unspecified atom stereocenters. The molecule has 0 aliphatic carbocycles. The molecule has 5 rings (SSSR count). The predicted octanol–water partition coefficient (Wildman–Crippen LogP) is 5.13. The topological polar surface area (TPSA) is 84.6 Å². The van der Waals surface area contributed by atoms with Gasteiger partial charge in [-0.05, 0) is 66.9 Å². The predicted molar refractivity (Wildman–Crippen MR) is 118 cm³/mol. The molecule has 2 aromatic heterocycles. The van der Waals surface area contributed by atoms with Gasteiger partial charge in [-0.25, -0.2) is 14.2 Å². The SMILES string of the molecule is O=C(O)c1cc(-c2c(C3CCOCC3)n(-c3ccc(F)cc3)c3cccc(O)c23)ccn1. The van der Waals surface area contributed by atoms with Crippen LogP contribution in [0, 0.1) is 5.82 Å². The Kier molecular flexibility index (Phi) is 5.11. The maximum Gasteiger partial charge on any atom is 0.354 e. The van der Waals surface area contributed by atoms with E-state index >= 15 is 0 Å². The Morgan fingerprint density at radius 3 is 2.56 bits per heavy atom. The lowest BCUT2D eigenvalue weighted by Gasteiger charge is -2.25. The molecule has 7 heteroatoms. The number of pyridine rings is 1. The number of aromatic hydroxyl groups is 1. The first kappa shape index (κ1) is 20.2. The van der Waals surface area contributed by atoms with E-state index in [0.29, 0.717) is 24.2 Å². The van der Waals surface area contributed by atoms with Gasteiger partial charge < -0.3 is 19.5 Å². The molecule has 0 radical (unpaired) electrons. The third-order valence-corrected chi connectivity index (χ3v) is 5.97. The fourth-order valence-electron chi connectivity index (χ4n) is 4.56. The molecule has 0 saturated carbocycles. The maximum absolute atomic E-state index is 13.7. The summed E-state index contributed by atoms with van der Waals surface area (Å²) in [6, 6.07) is 14.8. The van der Waals surface area contributed by atoms with Crippen molar-refractivity contribution in [1.82, 2.24) is 9.55 Å². The van der Waals surface area contributed by atoms with E-state index in [4.69, 9.17) is 4.74 Å². The number of carbonyl (C=O) groups is 1. The van der Waals surface area contributed by atoms with Crippen molar-refractivity contribution in [2.24, 2.45) is 0 Å². The van der Waals surface area contributed by atoms with Gasteiger partial charge in [0, 0.05) is 47.7 Å². The van der Waals surface area contributed by atoms with Crippen LogP contribution in [0.3, 0.4) is 0 Å². The first-order chi connectivity index (χ1) is 15.5. The molecule has 1 fully saturated rings. The molecule has 1 aliphatic rings. The summed E-state index contributed by atoms with van der Waals surface area (Å²) >= 11 is 0. The van der Waals surface area contributed by atoms with E-state index in [-0.39, 0.29) is 23.2 Å². The second-order valence-corrected chi connectivity index (χ2v) is 7.86. The van der Waals surface area contributed by atoms with Crippen LogP contribution in [0.25, 0.3) is 27.7 Å². The minimum atomic E-state index is -1.12. The average Bonchev–Trinajstić information content (AvgIpc) is 3.17. The number of rotatable bonds is 4. The summed E-state index contributed by atoms with van der Waals surface area (Å²) < 4.78 is 21.3. The second kappa shape index (κ2) is 8.09. The van der Waals surface area contributed by atoms with Crippen molar-refractivity contribution >= 4 is 16.9 Å². The average molecular weight is 432 g/mol. The fourth-order valence-corrected chi connectivity index (χ4v) is 4.56. The van der Waals surface area contributed by atoms with Crippen LogP contribution in [0.2, 0.25) is 0 Å². The summed E-state index contributed by atoms with van der Waals surface area (Å²) in [6.45, 7) is 1.22. The number of phenols is 1. The van der Waals surface area contributed by atoms with E-state index in [1.807, 2.05) is 10.6 Å². The highest BCUT2D eigenvalue weighted by atomic mass is 19.1. The van der Waals surface area contributed by atoms with Crippen LogP contribution in [0.4, 0.5) is 4.39 Å². The molecule has 162 valence electrons. The lowest BCUT2D eigenvalue weighted by Crippen LogP contribution is -2.17. The first-order valence-corrected chi connectivity index (χ1v) is 10.4. The third kappa shape index (κ3) is 3.40. The monoisotopic (exact) mass is 432 g/mol. The zero-order valence-electron chi connectivity index (χ0n) is 17.2. The van der Waals surface area contributed by atoms with Crippen LogP contribution in [-0.2, 0) is 4.74 Å². The zero-order chi connectivity index (χ0) is 22.2. The molecule has 0 bridgehead atoms. The number of halogens is 1. The summed E-state index contributed by atoms with van der Waals surface area (Å²) in [5.41, 5.74) is 3.83. The molecule has 6 nitrogen and oxygen atoms in total. The van der Waals surface area contributed by atoms with E-state index in [9.17, 15) is 19.4 Å². The highest BCUT2D eigenvalue weighted by Gasteiger charge is 2.29. The third-order valence-electron chi connectivity index (χ3n) is 5.97. The summed E-state index contributed by atoms with van der Waals surface area (Å²) in [5, 5.41) is 21.0. The minimum Gasteiger partial charge on any atom is -0.507 e. The van der Waals surface area contributed by atoms with Gasteiger partial charge in [0.15, 0.2) is 0 Å². The fraction of sp³-hybridized carbons (Fsp3) is 0.200. The number of aromatic carboxylic acids is 1. The van der Waals surface area contributed by atoms with Gasteiger partial charge in [0.05, 0.1) is 5.52 Å². The normalized spacial score (nSPS) is 14.7. The molecule has 1 saturated heterocycles.